The average molecular weight is 290 g/mol. The monoisotopic (exact) mass is 290 g/mol. The number of hydrogen-bond acceptors (Lipinski definition) is 3. The molecule has 1 aromatic carbocycles. The molecule has 0 radical (unpaired) electrons. The summed E-state index contributed by atoms with van der Waals surface area (Å²) < 4.78 is 4.91. The molecule has 0 aromatic heterocycles. The first-order valence-corrected chi connectivity index (χ1v) is 7.68. The maximum Gasteiger partial charge on any atom is 0.339 e. The second-order valence-corrected chi connectivity index (χ2v) is 7.23. The van der Waals surface area contributed by atoms with Crippen molar-refractivity contribution in [3.05, 3.63) is 34.9 Å². The normalized spacial score (nSPS) is 20.5. The third-order valence-corrected chi connectivity index (χ3v) is 4.70. The van der Waals surface area contributed by atoms with Crippen LogP contribution in [0.2, 0.25) is 0 Å². The molecule has 0 unspecified atom stereocenters. The van der Waals surface area contributed by atoms with Crippen LogP contribution in [0.1, 0.15) is 70.3 Å². The third-order valence-electron chi connectivity index (χ3n) is 4.70. The quantitative estimate of drug-likeness (QED) is 0.865. The molecule has 1 N–H and O–H groups in total. The highest BCUT2D eigenvalue weighted by Crippen LogP contribution is 2.46. The lowest BCUT2D eigenvalue weighted by Gasteiger charge is -2.42. The van der Waals surface area contributed by atoms with Crippen LogP contribution in [0, 0.1) is 0 Å². The molecular weight excluding hydrogens is 264 g/mol. The van der Waals surface area contributed by atoms with Gasteiger partial charge in [0.1, 0.15) is 0 Å². The first kappa shape index (κ1) is 16.0. The van der Waals surface area contributed by atoms with Gasteiger partial charge in [-0.2, -0.15) is 0 Å². The molecule has 0 saturated carbocycles. The Morgan fingerprint density at radius 3 is 2.33 bits per heavy atom. The molecule has 0 heterocycles. The number of fused-ring (bicyclic) bond motifs is 1. The minimum atomic E-state index is -1.20. The standard InChI is InChI=1S/C18H26O3/c1-6-21-16(20)15(19)12-7-8-13-14(11-12)18(4,5)10-9-17(13,2)3/h7-8,11,15,19H,6,9-10H2,1-5H3/t15-/m1/s1. The molecule has 0 spiro atoms. The van der Waals surface area contributed by atoms with Crippen LogP contribution in [0.25, 0.3) is 0 Å². The highest BCUT2D eigenvalue weighted by Gasteiger charge is 2.37. The van der Waals surface area contributed by atoms with Crippen molar-refractivity contribution in [1.29, 1.82) is 0 Å². The van der Waals surface area contributed by atoms with Gasteiger partial charge in [0.05, 0.1) is 6.61 Å². The van der Waals surface area contributed by atoms with Crippen LogP contribution < -0.4 is 0 Å². The van der Waals surface area contributed by atoms with Gasteiger partial charge < -0.3 is 9.84 Å². The van der Waals surface area contributed by atoms with Gasteiger partial charge in [-0.05, 0) is 47.3 Å². The molecule has 0 bridgehead atoms. The van der Waals surface area contributed by atoms with E-state index < -0.39 is 12.1 Å². The molecule has 1 aliphatic rings. The van der Waals surface area contributed by atoms with Crippen molar-refractivity contribution in [3.8, 4) is 0 Å². The Labute approximate surface area is 127 Å². The lowest BCUT2D eigenvalue weighted by Crippen LogP contribution is -2.34. The summed E-state index contributed by atoms with van der Waals surface area (Å²) >= 11 is 0. The molecular formula is C18H26O3. The Morgan fingerprint density at radius 1 is 1.19 bits per heavy atom. The summed E-state index contributed by atoms with van der Waals surface area (Å²) in [5, 5.41) is 10.1. The van der Waals surface area contributed by atoms with E-state index in [9.17, 15) is 9.90 Å². The number of hydrogen-bond donors (Lipinski definition) is 1. The Kier molecular flexibility index (Phi) is 4.16. The predicted molar refractivity (Wildman–Crippen MR) is 83.3 cm³/mol. The van der Waals surface area contributed by atoms with Gasteiger partial charge in [0, 0.05) is 0 Å². The van der Waals surface area contributed by atoms with E-state index in [1.807, 2.05) is 12.1 Å². The Hall–Kier alpha value is -1.35. The first-order valence-electron chi connectivity index (χ1n) is 7.68. The number of rotatable bonds is 3. The summed E-state index contributed by atoms with van der Waals surface area (Å²) in [5.74, 6) is -0.578. The zero-order valence-electron chi connectivity index (χ0n) is 13.7. The molecule has 0 amide bonds. The average Bonchev–Trinajstić information content (AvgIpc) is 2.43. The second-order valence-electron chi connectivity index (χ2n) is 7.23. The summed E-state index contributed by atoms with van der Waals surface area (Å²) in [7, 11) is 0. The zero-order valence-corrected chi connectivity index (χ0v) is 13.7. The molecule has 2 rings (SSSR count). The molecule has 0 fully saturated rings. The molecule has 21 heavy (non-hydrogen) atoms. The van der Waals surface area contributed by atoms with Gasteiger partial charge in [0.15, 0.2) is 6.10 Å². The van der Waals surface area contributed by atoms with E-state index in [1.54, 1.807) is 6.92 Å². The van der Waals surface area contributed by atoms with Gasteiger partial charge in [-0.3, -0.25) is 0 Å². The van der Waals surface area contributed by atoms with Crippen LogP contribution in [0.3, 0.4) is 0 Å². The van der Waals surface area contributed by atoms with Gasteiger partial charge in [-0.25, -0.2) is 4.79 Å². The fourth-order valence-electron chi connectivity index (χ4n) is 3.13. The van der Waals surface area contributed by atoms with E-state index in [0.29, 0.717) is 5.56 Å². The number of carbonyl (C=O) groups is 1. The van der Waals surface area contributed by atoms with Crippen molar-refractivity contribution >= 4 is 5.97 Å². The smallest absolute Gasteiger partial charge is 0.339 e. The highest BCUT2D eigenvalue weighted by atomic mass is 16.5. The lowest BCUT2D eigenvalue weighted by atomic mass is 9.63. The lowest BCUT2D eigenvalue weighted by molar-refractivity contribution is -0.153. The Morgan fingerprint density at radius 2 is 1.76 bits per heavy atom. The molecule has 116 valence electrons. The van der Waals surface area contributed by atoms with Crippen molar-refractivity contribution in [3.63, 3.8) is 0 Å². The predicted octanol–water partition coefficient (Wildman–Crippen LogP) is 3.63. The van der Waals surface area contributed by atoms with E-state index in [1.165, 1.54) is 11.1 Å². The summed E-state index contributed by atoms with van der Waals surface area (Å²) in [5.41, 5.74) is 3.38. The summed E-state index contributed by atoms with van der Waals surface area (Å²) in [6, 6.07) is 5.90. The fourth-order valence-corrected chi connectivity index (χ4v) is 3.13. The number of benzene rings is 1. The van der Waals surface area contributed by atoms with E-state index in [-0.39, 0.29) is 17.4 Å². The van der Waals surface area contributed by atoms with Gasteiger partial charge in [0.25, 0.3) is 0 Å². The maximum atomic E-state index is 11.7. The molecule has 3 heteroatoms. The van der Waals surface area contributed by atoms with Crippen LogP contribution in [0.15, 0.2) is 18.2 Å². The van der Waals surface area contributed by atoms with Crippen LogP contribution >= 0.6 is 0 Å². The van der Waals surface area contributed by atoms with Crippen molar-refractivity contribution in [1.82, 2.24) is 0 Å². The summed E-state index contributed by atoms with van der Waals surface area (Å²) in [4.78, 5) is 11.7. The van der Waals surface area contributed by atoms with E-state index in [0.717, 1.165) is 12.8 Å². The van der Waals surface area contributed by atoms with Gasteiger partial charge in [-0.15, -0.1) is 0 Å². The fraction of sp³-hybridized carbons (Fsp3) is 0.611. The minimum absolute atomic E-state index is 0.0647. The topological polar surface area (TPSA) is 46.5 Å². The van der Waals surface area contributed by atoms with Crippen LogP contribution in [0.4, 0.5) is 0 Å². The van der Waals surface area contributed by atoms with E-state index in [2.05, 4.69) is 33.8 Å². The molecule has 3 nitrogen and oxygen atoms in total. The van der Waals surface area contributed by atoms with Crippen LogP contribution in [0.5, 0.6) is 0 Å². The van der Waals surface area contributed by atoms with Gasteiger partial charge in [0.2, 0.25) is 0 Å². The molecule has 0 aliphatic heterocycles. The van der Waals surface area contributed by atoms with Crippen LogP contribution in [-0.2, 0) is 20.4 Å². The molecule has 1 aliphatic carbocycles. The van der Waals surface area contributed by atoms with Gasteiger partial charge >= 0.3 is 5.97 Å². The maximum absolute atomic E-state index is 11.7. The van der Waals surface area contributed by atoms with Crippen molar-refractivity contribution in [2.45, 2.75) is 64.4 Å². The van der Waals surface area contributed by atoms with Crippen molar-refractivity contribution in [2.75, 3.05) is 6.61 Å². The zero-order chi connectivity index (χ0) is 15.8. The van der Waals surface area contributed by atoms with Crippen molar-refractivity contribution < 1.29 is 14.6 Å². The van der Waals surface area contributed by atoms with Gasteiger partial charge in [-0.1, -0.05) is 45.9 Å². The number of aliphatic hydroxyl groups excluding tert-OH is 1. The SMILES string of the molecule is CCOC(=O)[C@H](O)c1ccc2c(c1)C(C)(C)CCC2(C)C. The number of esters is 1. The highest BCUT2D eigenvalue weighted by molar-refractivity contribution is 5.76. The van der Waals surface area contributed by atoms with E-state index >= 15 is 0 Å². The minimum Gasteiger partial charge on any atom is -0.464 e. The summed E-state index contributed by atoms with van der Waals surface area (Å²) in [6.07, 6.45) is 1.05. The Bertz CT molecular complexity index is 543. The molecule has 0 saturated heterocycles. The largest absolute Gasteiger partial charge is 0.464 e. The molecule has 1 aromatic rings. The number of aliphatic hydroxyl groups is 1. The van der Waals surface area contributed by atoms with Crippen LogP contribution in [-0.4, -0.2) is 17.7 Å². The first-order chi connectivity index (χ1) is 9.69. The van der Waals surface area contributed by atoms with E-state index in [4.69, 9.17) is 4.74 Å². The number of carbonyl (C=O) groups excluding carboxylic acids is 1. The third kappa shape index (κ3) is 2.98. The summed E-state index contributed by atoms with van der Waals surface area (Å²) in [6.45, 7) is 11.0. The number of ether oxygens (including phenoxy) is 1. The Balaban J connectivity index is 2.44. The second kappa shape index (κ2) is 5.45. The van der Waals surface area contributed by atoms with Crippen molar-refractivity contribution in [2.24, 2.45) is 0 Å². The molecule has 1 atom stereocenters.